The normalized spacial score (nSPS) is 10.1. The SMILES string of the molecule is C.C.C.C.C.C.C.C.C.C.CC(C)/C=C/CC#CC/C=C/C(C)C.CC(C)/C=N/N=C/C(C)C.CC(C)CN(C)C(C)C.CC(C)CN(C)CC(C)C.CC(C)N(C)C(C)C. The van der Waals surface area contributed by atoms with E-state index in [4.69, 9.17) is 0 Å². The maximum atomic E-state index is 3.86. The second-order valence-corrected chi connectivity index (χ2v) is 17.4. The Kier molecular flexibility index (Phi) is 118. The van der Waals surface area contributed by atoms with E-state index in [0.717, 1.165) is 30.6 Å². The van der Waals surface area contributed by atoms with Gasteiger partial charge in [-0.25, -0.2) is 0 Å². The summed E-state index contributed by atoms with van der Waals surface area (Å²) in [6.07, 6.45) is 14.1. The van der Waals surface area contributed by atoms with Crippen molar-refractivity contribution in [2.75, 3.05) is 40.8 Å². The lowest BCUT2D eigenvalue weighted by molar-refractivity contribution is 0.222. The molecule has 0 saturated carbocycles. The largest absolute Gasteiger partial charge is 0.306 e. The van der Waals surface area contributed by atoms with Gasteiger partial charge in [0.2, 0.25) is 0 Å². The molecule has 0 aliphatic heterocycles. The van der Waals surface area contributed by atoms with E-state index in [2.05, 4.69) is 221 Å². The number of rotatable bonds is 16. The van der Waals surface area contributed by atoms with Crippen molar-refractivity contribution >= 4 is 12.4 Å². The minimum Gasteiger partial charge on any atom is -0.306 e. The van der Waals surface area contributed by atoms with E-state index in [0.29, 0.717) is 41.8 Å². The lowest BCUT2D eigenvalue weighted by Crippen LogP contribution is -2.32. The van der Waals surface area contributed by atoms with Crippen LogP contribution in [0.1, 0.15) is 226 Å². The highest BCUT2D eigenvalue weighted by atomic mass is 15.2. The zero-order chi connectivity index (χ0) is 41.1. The van der Waals surface area contributed by atoms with E-state index in [1.807, 2.05) is 12.4 Å². The van der Waals surface area contributed by atoms with Gasteiger partial charge in [0.25, 0.3) is 0 Å². The molecule has 0 aliphatic rings. The van der Waals surface area contributed by atoms with Gasteiger partial charge in [0, 0.05) is 63.0 Å². The Bertz CT molecular complexity index is 820. The van der Waals surface area contributed by atoms with E-state index >= 15 is 0 Å². The molecule has 0 saturated heterocycles. The predicted octanol–water partition coefficient (Wildman–Crippen LogP) is 18.9. The van der Waals surface area contributed by atoms with Gasteiger partial charge in [0.05, 0.1) is 0 Å². The standard InChI is InChI=1S/C14H22.C9H21N.C8H16N2.C8H19N.C7H17N.10CH4/c1-13(2)11-9-7-5-6-8-10-12-14(3)4;1-8(2)6-10(5)7-9(3)4;1-7(2)5-9-10-6-8(3)4;1-7(2)6-9(5)8(3)4;1-6(2)8(5)7(3)4;;;;;;;;;;/h9-14H,7-8H2,1-4H3;8-9H,6-7H2,1-5H3;5-8H,1-4H3;7-8H,6H2,1-5H3;6-7H,1-5H3;10*1H4/b11-9+,12-10+;;9-5+,10-6+;;;;;;;;;;;;. The first-order chi connectivity index (χ1) is 23.4. The van der Waals surface area contributed by atoms with Crippen molar-refractivity contribution in [3.05, 3.63) is 24.3 Å². The van der Waals surface area contributed by atoms with Crippen LogP contribution in [0.3, 0.4) is 0 Å². The number of nitrogens with zero attached hydrogens (tertiary/aromatic N) is 5. The first-order valence-corrected chi connectivity index (χ1v) is 20.3. The molecule has 5 heteroatoms. The minimum atomic E-state index is 0. The quantitative estimate of drug-likeness (QED) is 0.0670. The van der Waals surface area contributed by atoms with Gasteiger partial charge in [-0.2, -0.15) is 10.2 Å². The van der Waals surface area contributed by atoms with Gasteiger partial charge in [-0.15, -0.1) is 0 Å². The fraction of sp³-hybridized carbons (Fsp3) is 0.857. The van der Waals surface area contributed by atoms with Crippen LogP contribution in [0, 0.1) is 53.3 Å². The number of hydrogen-bond donors (Lipinski definition) is 0. The van der Waals surface area contributed by atoms with E-state index < -0.39 is 0 Å². The average molecular weight is 879 g/mol. The zero-order valence-electron chi connectivity index (χ0n) is 39.0. The van der Waals surface area contributed by atoms with Crippen LogP contribution < -0.4 is 0 Å². The molecule has 0 fully saturated rings. The van der Waals surface area contributed by atoms with Crippen LogP contribution in [0.25, 0.3) is 0 Å². The zero-order valence-corrected chi connectivity index (χ0v) is 39.0. The summed E-state index contributed by atoms with van der Waals surface area (Å²) >= 11 is 0. The molecule has 0 amide bonds. The second-order valence-electron chi connectivity index (χ2n) is 17.4. The van der Waals surface area contributed by atoms with Crippen molar-refractivity contribution in [2.45, 2.75) is 244 Å². The van der Waals surface area contributed by atoms with Crippen LogP contribution in [0.15, 0.2) is 34.5 Å². The summed E-state index contributed by atoms with van der Waals surface area (Å²) in [7, 11) is 6.51. The minimum absolute atomic E-state index is 0. The molecular weight excluding hydrogens is 743 g/mol. The molecule has 384 valence electrons. The molecule has 0 heterocycles. The van der Waals surface area contributed by atoms with Crippen LogP contribution in [0.2, 0.25) is 0 Å². The van der Waals surface area contributed by atoms with Gasteiger partial charge in [0.1, 0.15) is 0 Å². The molecule has 0 aliphatic carbocycles. The van der Waals surface area contributed by atoms with Crippen LogP contribution in [-0.2, 0) is 0 Å². The molecule has 0 aromatic carbocycles. The fourth-order valence-electron chi connectivity index (χ4n) is 3.99. The molecule has 0 rings (SSSR count). The summed E-state index contributed by atoms with van der Waals surface area (Å²) in [5.74, 6) is 10.9. The molecule has 0 unspecified atom stereocenters. The van der Waals surface area contributed by atoms with Gasteiger partial charge in [0.15, 0.2) is 0 Å². The summed E-state index contributed by atoms with van der Waals surface area (Å²) in [4.78, 5) is 7.10. The van der Waals surface area contributed by atoms with Crippen LogP contribution in [-0.4, -0.2) is 86.0 Å². The van der Waals surface area contributed by atoms with Crippen molar-refractivity contribution in [3.63, 3.8) is 0 Å². The summed E-state index contributed by atoms with van der Waals surface area (Å²) < 4.78 is 0. The average Bonchev–Trinajstić information content (AvgIpc) is 2.95. The van der Waals surface area contributed by atoms with Crippen molar-refractivity contribution < 1.29 is 0 Å². The number of hydrogen-bond acceptors (Lipinski definition) is 5. The van der Waals surface area contributed by atoms with Crippen molar-refractivity contribution in [1.82, 2.24) is 14.7 Å². The smallest absolute Gasteiger partial charge is 0.0295 e. The van der Waals surface area contributed by atoms with E-state index in [1.165, 1.54) is 19.6 Å². The third kappa shape index (κ3) is 114. The molecule has 5 nitrogen and oxygen atoms in total. The highest BCUT2D eigenvalue weighted by Crippen LogP contribution is 2.01. The third-order valence-electron chi connectivity index (χ3n) is 6.92. The molecule has 0 aromatic heterocycles. The Morgan fingerprint density at radius 3 is 0.787 bits per heavy atom. The van der Waals surface area contributed by atoms with Crippen molar-refractivity contribution in [3.8, 4) is 11.8 Å². The Hall–Kier alpha value is -1.74. The van der Waals surface area contributed by atoms with Crippen molar-refractivity contribution in [2.24, 2.45) is 51.6 Å². The fourth-order valence-corrected chi connectivity index (χ4v) is 3.99. The van der Waals surface area contributed by atoms with Crippen LogP contribution in [0.4, 0.5) is 0 Å². The molecular formula is C56H135N5. The van der Waals surface area contributed by atoms with Gasteiger partial charge in [-0.3, -0.25) is 0 Å². The van der Waals surface area contributed by atoms with E-state index in [9.17, 15) is 0 Å². The van der Waals surface area contributed by atoms with Crippen molar-refractivity contribution in [1.29, 1.82) is 0 Å². The van der Waals surface area contributed by atoms with Gasteiger partial charge in [-0.05, 0) is 104 Å². The summed E-state index contributed by atoms with van der Waals surface area (Å²) in [6, 6.07) is 2.04. The highest BCUT2D eigenvalue weighted by Gasteiger charge is 2.05. The number of allylic oxidation sites excluding steroid dienone is 4. The maximum Gasteiger partial charge on any atom is 0.0295 e. The molecule has 0 N–H and O–H groups in total. The highest BCUT2D eigenvalue weighted by molar-refractivity contribution is 5.63. The Morgan fingerprint density at radius 1 is 0.377 bits per heavy atom. The monoisotopic (exact) mass is 878 g/mol. The molecule has 0 radical (unpaired) electrons. The Balaban J connectivity index is -0.0000000324. The molecule has 0 aromatic rings. The maximum absolute atomic E-state index is 3.86. The first-order valence-electron chi connectivity index (χ1n) is 20.3. The molecule has 0 bridgehead atoms. The predicted molar refractivity (Wildman–Crippen MR) is 307 cm³/mol. The first kappa shape index (κ1) is 103. The second kappa shape index (κ2) is 69.9. The van der Waals surface area contributed by atoms with Crippen LogP contribution >= 0.6 is 0 Å². The van der Waals surface area contributed by atoms with E-state index in [1.54, 1.807) is 0 Å². The summed E-state index contributed by atoms with van der Waals surface area (Å²) in [5.41, 5.74) is 0. The third-order valence-corrected chi connectivity index (χ3v) is 6.92. The molecule has 0 atom stereocenters. The van der Waals surface area contributed by atoms with Gasteiger partial charge >= 0.3 is 0 Å². The van der Waals surface area contributed by atoms with Gasteiger partial charge in [-0.1, -0.05) is 207 Å². The lowest BCUT2D eigenvalue weighted by atomic mass is 10.1. The lowest BCUT2D eigenvalue weighted by Gasteiger charge is -2.24. The molecule has 0 spiro atoms. The van der Waals surface area contributed by atoms with E-state index in [-0.39, 0.29) is 74.3 Å². The molecule has 61 heavy (non-hydrogen) atoms. The summed E-state index contributed by atoms with van der Waals surface area (Å²) in [6.45, 7) is 47.5. The topological polar surface area (TPSA) is 34.4 Å². The Morgan fingerprint density at radius 2 is 0.639 bits per heavy atom. The van der Waals surface area contributed by atoms with Gasteiger partial charge < -0.3 is 14.7 Å². The Labute approximate surface area is 398 Å². The van der Waals surface area contributed by atoms with Crippen LogP contribution in [0.5, 0.6) is 0 Å². The summed E-state index contributed by atoms with van der Waals surface area (Å²) in [5, 5.41) is 7.71.